The van der Waals surface area contributed by atoms with Crippen LogP contribution in [-0.4, -0.2) is 30.8 Å². The minimum absolute atomic E-state index is 0.0654. The first-order valence-electron chi connectivity index (χ1n) is 5.44. The Bertz CT molecular complexity index is 426. The van der Waals surface area contributed by atoms with Crippen molar-refractivity contribution in [1.82, 2.24) is 4.90 Å². The van der Waals surface area contributed by atoms with Crippen molar-refractivity contribution in [3.63, 3.8) is 0 Å². The molecule has 0 aromatic heterocycles. The average Bonchev–Trinajstić information content (AvgIpc) is 2.28. The number of nitriles is 1. The van der Waals surface area contributed by atoms with Crippen molar-refractivity contribution in [2.24, 2.45) is 0 Å². The number of ketones is 1. The maximum Gasteiger partial charge on any atom is 0.160 e. The fourth-order valence-corrected chi connectivity index (χ4v) is 1.54. The van der Waals surface area contributed by atoms with Gasteiger partial charge >= 0.3 is 0 Å². The zero-order valence-corrected chi connectivity index (χ0v) is 9.82. The van der Waals surface area contributed by atoms with Crippen molar-refractivity contribution in [1.29, 1.82) is 5.26 Å². The molecule has 0 unspecified atom stereocenters. The first-order valence-corrected chi connectivity index (χ1v) is 5.44. The standard InChI is InChI=1S/C13H15FN2O/c1-16(10-12(17)6-8-15)9-7-11-4-2-3-5-13(11)14/h2-5H,6-7,9-10H2,1H3. The molecular formula is C13H15FN2O. The van der Waals surface area contributed by atoms with E-state index in [1.807, 2.05) is 6.07 Å². The summed E-state index contributed by atoms with van der Waals surface area (Å²) in [4.78, 5) is 13.0. The summed E-state index contributed by atoms with van der Waals surface area (Å²) in [6.45, 7) is 0.833. The lowest BCUT2D eigenvalue weighted by Gasteiger charge is -2.14. The third kappa shape index (κ3) is 4.75. The van der Waals surface area contributed by atoms with Crippen LogP contribution in [0, 0.1) is 17.1 Å². The maximum absolute atomic E-state index is 13.3. The van der Waals surface area contributed by atoms with Gasteiger partial charge < -0.3 is 0 Å². The van der Waals surface area contributed by atoms with Crippen LogP contribution >= 0.6 is 0 Å². The number of Topliss-reactive ketones (excluding diaryl/α,β-unsaturated/α-hetero) is 1. The van der Waals surface area contributed by atoms with Gasteiger partial charge in [0.15, 0.2) is 5.78 Å². The van der Waals surface area contributed by atoms with Crippen LogP contribution in [0.3, 0.4) is 0 Å². The summed E-state index contributed by atoms with van der Waals surface area (Å²) in [5.41, 5.74) is 0.645. The Labute approximate surface area is 100 Å². The number of carbonyl (C=O) groups is 1. The van der Waals surface area contributed by atoms with Crippen molar-refractivity contribution in [3.05, 3.63) is 35.6 Å². The van der Waals surface area contributed by atoms with Crippen LogP contribution in [0.25, 0.3) is 0 Å². The van der Waals surface area contributed by atoms with Crippen molar-refractivity contribution in [3.8, 4) is 6.07 Å². The summed E-state index contributed by atoms with van der Waals surface area (Å²) in [6.07, 6.45) is 0.493. The van der Waals surface area contributed by atoms with Gasteiger partial charge in [0.2, 0.25) is 0 Å². The molecule has 0 aliphatic heterocycles. The topological polar surface area (TPSA) is 44.1 Å². The molecule has 4 heteroatoms. The van der Waals surface area contributed by atoms with Gasteiger partial charge in [0.1, 0.15) is 5.82 Å². The molecule has 0 N–H and O–H groups in total. The zero-order chi connectivity index (χ0) is 12.7. The molecule has 0 amide bonds. The van der Waals surface area contributed by atoms with Crippen molar-refractivity contribution >= 4 is 5.78 Å². The molecule has 0 aliphatic rings. The number of nitrogens with zero attached hydrogens (tertiary/aromatic N) is 2. The van der Waals surface area contributed by atoms with E-state index in [4.69, 9.17) is 5.26 Å². The molecule has 17 heavy (non-hydrogen) atoms. The van der Waals surface area contributed by atoms with Gasteiger partial charge in [-0.3, -0.25) is 9.69 Å². The highest BCUT2D eigenvalue weighted by Crippen LogP contribution is 2.07. The smallest absolute Gasteiger partial charge is 0.160 e. The van der Waals surface area contributed by atoms with Crippen LogP contribution in [0.5, 0.6) is 0 Å². The van der Waals surface area contributed by atoms with Crippen LogP contribution in [0.1, 0.15) is 12.0 Å². The number of likely N-dealkylation sites (N-methyl/N-ethyl adjacent to an activating group) is 1. The van der Waals surface area contributed by atoms with Gasteiger partial charge in [0.05, 0.1) is 19.0 Å². The van der Waals surface area contributed by atoms with Crippen LogP contribution in [-0.2, 0) is 11.2 Å². The van der Waals surface area contributed by atoms with Crippen LogP contribution in [0.4, 0.5) is 4.39 Å². The Morgan fingerprint density at radius 3 is 2.82 bits per heavy atom. The highest BCUT2D eigenvalue weighted by molar-refractivity contribution is 5.82. The van der Waals surface area contributed by atoms with E-state index >= 15 is 0 Å². The van der Waals surface area contributed by atoms with Gasteiger partial charge in [0.25, 0.3) is 0 Å². The first kappa shape index (κ1) is 13.3. The van der Waals surface area contributed by atoms with E-state index in [1.165, 1.54) is 6.07 Å². The van der Waals surface area contributed by atoms with Gasteiger partial charge in [-0.15, -0.1) is 0 Å². The fourth-order valence-electron chi connectivity index (χ4n) is 1.54. The molecule has 0 saturated carbocycles. The molecule has 90 valence electrons. The number of rotatable bonds is 6. The van der Waals surface area contributed by atoms with E-state index in [2.05, 4.69) is 0 Å². The van der Waals surface area contributed by atoms with E-state index in [-0.39, 0.29) is 24.6 Å². The molecule has 1 aromatic carbocycles. The molecule has 0 heterocycles. The van der Waals surface area contributed by atoms with E-state index in [0.717, 1.165) is 0 Å². The van der Waals surface area contributed by atoms with Crippen molar-refractivity contribution in [2.75, 3.05) is 20.1 Å². The third-order valence-corrected chi connectivity index (χ3v) is 2.44. The Hall–Kier alpha value is -1.73. The summed E-state index contributed by atoms with van der Waals surface area (Å²) in [5, 5.41) is 8.35. The Morgan fingerprint density at radius 1 is 1.47 bits per heavy atom. The van der Waals surface area contributed by atoms with E-state index in [1.54, 1.807) is 30.1 Å². The second kappa shape index (κ2) is 6.77. The van der Waals surface area contributed by atoms with E-state index < -0.39 is 0 Å². The number of halogens is 1. The SMILES string of the molecule is CN(CCc1ccccc1F)CC(=O)CC#N. The molecule has 3 nitrogen and oxygen atoms in total. The molecule has 0 spiro atoms. The quantitative estimate of drug-likeness (QED) is 0.753. The predicted octanol–water partition coefficient (Wildman–Crippen LogP) is 1.78. The molecule has 1 rings (SSSR count). The Kier molecular flexibility index (Phi) is 5.31. The van der Waals surface area contributed by atoms with Gasteiger partial charge in [-0.05, 0) is 25.1 Å². The first-order chi connectivity index (χ1) is 8.13. The van der Waals surface area contributed by atoms with Crippen LogP contribution in [0.15, 0.2) is 24.3 Å². The highest BCUT2D eigenvalue weighted by atomic mass is 19.1. The van der Waals surface area contributed by atoms with Gasteiger partial charge in [-0.25, -0.2) is 4.39 Å². The lowest BCUT2D eigenvalue weighted by molar-refractivity contribution is -0.118. The normalized spacial score (nSPS) is 10.2. The minimum Gasteiger partial charge on any atom is -0.299 e. The van der Waals surface area contributed by atoms with Gasteiger partial charge in [-0.1, -0.05) is 18.2 Å². The highest BCUT2D eigenvalue weighted by Gasteiger charge is 2.07. The lowest BCUT2D eigenvalue weighted by Crippen LogP contribution is -2.27. The minimum atomic E-state index is -0.218. The summed E-state index contributed by atoms with van der Waals surface area (Å²) in [5.74, 6) is -0.326. The van der Waals surface area contributed by atoms with Crippen molar-refractivity contribution in [2.45, 2.75) is 12.8 Å². The Morgan fingerprint density at radius 2 is 2.18 bits per heavy atom. The molecule has 1 aromatic rings. The monoisotopic (exact) mass is 234 g/mol. The number of benzene rings is 1. The largest absolute Gasteiger partial charge is 0.299 e. The summed E-state index contributed by atoms with van der Waals surface area (Å²) in [7, 11) is 1.79. The summed E-state index contributed by atoms with van der Waals surface area (Å²) in [6, 6.07) is 8.43. The number of carbonyl (C=O) groups excluding carboxylic acids is 1. The predicted molar refractivity (Wildman–Crippen MR) is 62.8 cm³/mol. The third-order valence-electron chi connectivity index (χ3n) is 2.44. The van der Waals surface area contributed by atoms with Crippen LogP contribution < -0.4 is 0 Å². The number of hydrogen-bond donors (Lipinski definition) is 0. The molecule has 0 bridgehead atoms. The zero-order valence-electron chi connectivity index (χ0n) is 9.82. The van der Waals surface area contributed by atoms with Gasteiger partial charge in [0, 0.05) is 6.54 Å². The molecule has 0 atom stereocenters. The second-order valence-electron chi connectivity index (χ2n) is 3.95. The fraction of sp³-hybridized carbons (Fsp3) is 0.385. The summed E-state index contributed by atoms with van der Waals surface area (Å²) >= 11 is 0. The van der Waals surface area contributed by atoms with E-state index in [9.17, 15) is 9.18 Å². The molecular weight excluding hydrogens is 219 g/mol. The Balaban J connectivity index is 2.39. The second-order valence-corrected chi connectivity index (χ2v) is 3.95. The lowest BCUT2D eigenvalue weighted by atomic mass is 10.1. The van der Waals surface area contributed by atoms with E-state index in [0.29, 0.717) is 18.5 Å². The summed E-state index contributed by atoms with van der Waals surface area (Å²) < 4.78 is 13.3. The molecule has 0 aliphatic carbocycles. The number of hydrogen-bond acceptors (Lipinski definition) is 3. The van der Waals surface area contributed by atoms with Crippen molar-refractivity contribution < 1.29 is 9.18 Å². The molecule has 0 radical (unpaired) electrons. The maximum atomic E-state index is 13.3. The average molecular weight is 234 g/mol. The molecule has 0 saturated heterocycles. The van der Waals surface area contributed by atoms with Crippen LogP contribution in [0.2, 0.25) is 0 Å². The molecule has 0 fully saturated rings. The van der Waals surface area contributed by atoms with Gasteiger partial charge in [-0.2, -0.15) is 5.26 Å².